The predicted octanol–water partition coefficient (Wildman–Crippen LogP) is 2.59. The van der Waals surface area contributed by atoms with E-state index in [0.717, 1.165) is 53.1 Å². The number of benzene rings is 1. The van der Waals surface area contributed by atoms with Gasteiger partial charge >= 0.3 is 0 Å². The van der Waals surface area contributed by atoms with Crippen LogP contribution >= 0.6 is 0 Å². The Kier molecular flexibility index (Phi) is 6.36. The largest absolute Gasteiger partial charge is 0.367 e. The number of piperazine rings is 1. The van der Waals surface area contributed by atoms with Crippen molar-refractivity contribution >= 4 is 23.5 Å². The predicted molar refractivity (Wildman–Crippen MR) is 137 cm³/mol. The van der Waals surface area contributed by atoms with Gasteiger partial charge < -0.3 is 19.6 Å². The lowest BCUT2D eigenvalue weighted by Crippen LogP contribution is -2.45. The van der Waals surface area contributed by atoms with Crippen molar-refractivity contribution in [3.63, 3.8) is 0 Å². The molecule has 1 fully saturated rings. The van der Waals surface area contributed by atoms with Gasteiger partial charge in [-0.15, -0.1) is 0 Å². The Morgan fingerprint density at radius 1 is 1.16 bits per heavy atom. The quantitative estimate of drug-likeness (QED) is 0.399. The highest BCUT2D eigenvalue weighted by molar-refractivity contribution is 5.90. The van der Waals surface area contributed by atoms with E-state index in [-0.39, 0.29) is 17.1 Å². The molecular weight excluding hydrogens is 472 g/mol. The molecule has 0 saturated carbocycles. The van der Waals surface area contributed by atoms with Crippen LogP contribution in [0.4, 0.5) is 5.69 Å². The van der Waals surface area contributed by atoms with Crippen LogP contribution in [0.2, 0.25) is 0 Å². The molecule has 0 spiro atoms. The van der Waals surface area contributed by atoms with E-state index in [9.17, 15) is 9.59 Å². The summed E-state index contributed by atoms with van der Waals surface area (Å²) in [6.45, 7) is 11.2. The molecule has 37 heavy (non-hydrogen) atoms. The highest BCUT2D eigenvalue weighted by Gasteiger charge is 2.24. The molecule has 0 atom stereocenters. The molecule has 1 aliphatic rings. The van der Waals surface area contributed by atoms with Gasteiger partial charge in [-0.3, -0.25) is 9.59 Å². The zero-order valence-electron chi connectivity index (χ0n) is 21.4. The first-order valence-corrected chi connectivity index (χ1v) is 12.2. The first kappa shape index (κ1) is 24.4. The highest BCUT2D eigenvalue weighted by Crippen LogP contribution is 2.28. The van der Waals surface area contributed by atoms with Crippen molar-refractivity contribution in [1.82, 2.24) is 35.0 Å². The average Bonchev–Trinajstić information content (AvgIpc) is 3.56. The van der Waals surface area contributed by atoms with Crippen molar-refractivity contribution in [2.75, 3.05) is 31.1 Å². The van der Waals surface area contributed by atoms with Gasteiger partial charge in [0, 0.05) is 43.7 Å². The molecule has 0 radical (unpaired) electrons. The molecule has 5 rings (SSSR count). The standard InChI is InChI=1S/C26H30N8O3/c1-17-11-18(5-6-19(17)13-27-24(36)23-30-25(37-31-23)26(2,3)4)22-21-12-20(14-34(21)29-15-28-22)33-9-7-32(16-35)8-10-33/h5-6,11-12,14-16H,7-10,13H2,1-4H3,(H,27,36). The van der Waals surface area contributed by atoms with Crippen LogP contribution in [-0.2, 0) is 16.8 Å². The summed E-state index contributed by atoms with van der Waals surface area (Å²) in [7, 11) is 0. The molecule has 1 aromatic carbocycles. The monoisotopic (exact) mass is 502 g/mol. The summed E-state index contributed by atoms with van der Waals surface area (Å²) >= 11 is 0. The Morgan fingerprint density at radius 2 is 1.95 bits per heavy atom. The van der Waals surface area contributed by atoms with Crippen molar-refractivity contribution in [3.05, 3.63) is 59.6 Å². The Bertz CT molecular complexity index is 1440. The third kappa shape index (κ3) is 5.02. The number of carbonyl (C=O) groups excluding carboxylic acids is 2. The van der Waals surface area contributed by atoms with Gasteiger partial charge in [-0.05, 0) is 30.2 Å². The Balaban J connectivity index is 1.31. The SMILES string of the molecule is Cc1cc(-c2ncnn3cc(N4CCN(C=O)CC4)cc23)ccc1CNC(=O)c1noc(C(C)(C)C)n1. The number of hydrogen-bond acceptors (Lipinski definition) is 8. The van der Waals surface area contributed by atoms with Crippen molar-refractivity contribution < 1.29 is 14.1 Å². The number of aromatic nitrogens is 5. The minimum atomic E-state index is -0.380. The fraction of sp³-hybridized carbons (Fsp3) is 0.385. The minimum Gasteiger partial charge on any atom is -0.367 e. The lowest BCUT2D eigenvalue weighted by atomic mass is 9.97. The average molecular weight is 503 g/mol. The summed E-state index contributed by atoms with van der Waals surface area (Å²) in [6.07, 6.45) is 4.45. The number of rotatable bonds is 6. The van der Waals surface area contributed by atoms with Crippen LogP contribution in [0.3, 0.4) is 0 Å². The van der Waals surface area contributed by atoms with Crippen LogP contribution in [0, 0.1) is 6.92 Å². The Hall–Kier alpha value is -4.28. The van der Waals surface area contributed by atoms with E-state index in [2.05, 4.69) is 42.6 Å². The molecular formula is C26H30N8O3. The van der Waals surface area contributed by atoms with Crippen molar-refractivity contribution in [1.29, 1.82) is 0 Å². The molecule has 0 aliphatic carbocycles. The minimum absolute atomic E-state index is 0.0270. The van der Waals surface area contributed by atoms with Gasteiger partial charge in [0.25, 0.3) is 11.7 Å². The zero-order valence-corrected chi connectivity index (χ0v) is 21.4. The van der Waals surface area contributed by atoms with Crippen LogP contribution in [0.1, 0.15) is 48.4 Å². The number of anilines is 1. The molecule has 11 heteroatoms. The molecule has 11 nitrogen and oxygen atoms in total. The number of aryl methyl sites for hydroxylation is 1. The maximum absolute atomic E-state index is 12.5. The lowest BCUT2D eigenvalue weighted by Gasteiger charge is -2.33. The van der Waals surface area contributed by atoms with Crippen LogP contribution in [0.15, 0.2) is 41.3 Å². The third-order valence-electron chi connectivity index (χ3n) is 6.55. The third-order valence-corrected chi connectivity index (χ3v) is 6.55. The summed E-state index contributed by atoms with van der Waals surface area (Å²) < 4.78 is 7.06. The highest BCUT2D eigenvalue weighted by atomic mass is 16.5. The number of nitrogens with one attached hydrogen (secondary N) is 1. The van der Waals surface area contributed by atoms with Gasteiger partial charge in [0.05, 0.1) is 23.1 Å². The topological polar surface area (TPSA) is 122 Å². The van der Waals surface area contributed by atoms with Gasteiger partial charge in [-0.25, -0.2) is 9.50 Å². The van der Waals surface area contributed by atoms with Gasteiger partial charge in [0.1, 0.15) is 6.33 Å². The van der Waals surface area contributed by atoms with E-state index in [0.29, 0.717) is 25.5 Å². The van der Waals surface area contributed by atoms with Crippen molar-refractivity contribution in [2.24, 2.45) is 0 Å². The van der Waals surface area contributed by atoms with Crippen LogP contribution in [0.25, 0.3) is 16.8 Å². The summed E-state index contributed by atoms with van der Waals surface area (Å²) in [6, 6.07) is 8.14. The molecule has 1 aliphatic heterocycles. The Labute approximate surface area is 214 Å². The Morgan fingerprint density at radius 3 is 2.62 bits per heavy atom. The summed E-state index contributed by atoms with van der Waals surface area (Å²) in [4.78, 5) is 36.4. The maximum Gasteiger partial charge on any atom is 0.292 e. The van der Waals surface area contributed by atoms with Gasteiger partial charge in [0.2, 0.25) is 12.3 Å². The summed E-state index contributed by atoms with van der Waals surface area (Å²) in [5.41, 5.74) is 5.43. The fourth-order valence-corrected chi connectivity index (χ4v) is 4.31. The van der Waals surface area contributed by atoms with E-state index < -0.39 is 0 Å². The first-order chi connectivity index (χ1) is 17.7. The number of carbonyl (C=O) groups is 2. The first-order valence-electron chi connectivity index (χ1n) is 12.2. The van der Waals surface area contributed by atoms with E-state index in [1.54, 1.807) is 11.2 Å². The van der Waals surface area contributed by atoms with E-state index >= 15 is 0 Å². The van der Waals surface area contributed by atoms with Crippen molar-refractivity contribution in [3.8, 4) is 11.3 Å². The molecule has 4 heterocycles. The molecule has 1 N–H and O–H groups in total. The molecule has 2 amide bonds. The van der Waals surface area contributed by atoms with Crippen LogP contribution < -0.4 is 10.2 Å². The zero-order chi connectivity index (χ0) is 26.2. The summed E-state index contributed by atoms with van der Waals surface area (Å²) in [5.74, 6) is 0.0697. The van der Waals surface area contributed by atoms with E-state index in [4.69, 9.17) is 4.52 Å². The number of hydrogen-bond donors (Lipinski definition) is 1. The van der Waals surface area contributed by atoms with Crippen LogP contribution in [0.5, 0.6) is 0 Å². The van der Waals surface area contributed by atoms with E-state index in [1.807, 2.05) is 50.5 Å². The molecule has 0 unspecified atom stereocenters. The van der Waals surface area contributed by atoms with Gasteiger partial charge in [0.15, 0.2) is 0 Å². The lowest BCUT2D eigenvalue weighted by molar-refractivity contribution is -0.118. The fourth-order valence-electron chi connectivity index (χ4n) is 4.31. The smallest absolute Gasteiger partial charge is 0.292 e. The second-order valence-corrected chi connectivity index (χ2v) is 10.3. The van der Waals surface area contributed by atoms with Crippen molar-refractivity contribution in [2.45, 2.75) is 39.7 Å². The second kappa shape index (κ2) is 9.64. The number of amides is 2. The molecule has 1 saturated heterocycles. The van der Waals surface area contributed by atoms with E-state index in [1.165, 1.54) is 0 Å². The molecule has 4 aromatic rings. The number of fused-ring (bicyclic) bond motifs is 1. The van der Waals surface area contributed by atoms with Gasteiger partial charge in [-0.2, -0.15) is 10.1 Å². The maximum atomic E-state index is 12.5. The van der Waals surface area contributed by atoms with Gasteiger partial charge in [-0.1, -0.05) is 38.1 Å². The normalized spacial score (nSPS) is 14.3. The van der Waals surface area contributed by atoms with Crippen LogP contribution in [-0.4, -0.2) is 68.1 Å². The number of nitrogens with zero attached hydrogens (tertiary/aromatic N) is 7. The molecule has 192 valence electrons. The summed E-state index contributed by atoms with van der Waals surface area (Å²) in [5, 5.41) is 11.1. The second-order valence-electron chi connectivity index (χ2n) is 10.3. The molecule has 0 bridgehead atoms. The molecule has 3 aromatic heterocycles.